The molecular formula is C20H22F3N3O2. The SMILES string of the molecule is C[C@@H](CC(=O)c1cc(=O)[nH]c(NC2CCCC2)n1)c1ccc(C(F)(F)F)cc1. The standard InChI is InChI=1S/C20H22F3N3O2/c1-12(13-6-8-14(9-7-13)20(21,22)23)10-17(27)16-11-18(28)26-19(25-16)24-15-4-2-3-5-15/h6-9,11-12,15H,2-5,10H2,1H3,(H2,24,25,26,28)/t12-/m0/s1. The van der Waals surface area contributed by atoms with Gasteiger partial charge in [0.2, 0.25) is 5.95 Å². The fourth-order valence-corrected chi connectivity index (χ4v) is 3.43. The van der Waals surface area contributed by atoms with Crippen LogP contribution in [0, 0.1) is 0 Å². The van der Waals surface area contributed by atoms with Crippen molar-refractivity contribution in [1.29, 1.82) is 0 Å². The molecule has 2 N–H and O–H groups in total. The van der Waals surface area contributed by atoms with Crippen molar-refractivity contribution in [3.8, 4) is 0 Å². The van der Waals surface area contributed by atoms with Gasteiger partial charge in [0.1, 0.15) is 5.69 Å². The van der Waals surface area contributed by atoms with E-state index >= 15 is 0 Å². The van der Waals surface area contributed by atoms with E-state index in [-0.39, 0.29) is 35.8 Å². The second-order valence-electron chi connectivity index (χ2n) is 7.25. The number of hydrogen-bond donors (Lipinski definition) is 2. The van der Waals surface area contributed by atoms with E-state index in [0.717, 1.165) is 43.9 Å². The van der Waals surface area contributed by atoms with E-state index in [2.05, 4.69) is 15.3 Å². The van der Waals surface area contributed by atoms with Crippen LogP contribution in [0.1, 0.15) is 66.6 Å². The van der Waals surface area contributed by atoms with Crippen molar-refractivity contribution in [1.82, 2.24) is 9.97 Å². The Labute approximate surface area is 160 Å². The van der Waals surface area contributed by atoms with Crippen LogP contribution in [-0.4, -0.2) is 21.8 Å². The Morgan fingerprint density at radius 2 is 1.89 bits per heavy atom. The molecule has 5 nitrogen and oxygen atoms in total. The fourth-order valence-electron chi connectivity index (χ4n) is 3.43. The van der Waals surface area contributed by atoms with Crippen molar-refractivity contribution in [2.45, 2.75) is 57.2 Å². The van der Waals surface area contributed by atoms with Gasteiger partial charge in [-0.3, -0.25) is 14.6 Å². The zero-order chi connectivity index (χ0) is 20.3. The van der Waals surface area contributed by atoms with Crippen LogP contribution < -0.4 is 10.9 Å². The number of anilines is 1. The first kappa shape index (κ1) is 20.1. The number of halogens is 3. The van der Waals surface area contributed by atoms with Crippen LogP contribution in [-0.2, 0) is 6.18 Å². The molecule has 28 heavy (non-hydrogen) atoms. The van der Waals surface area contributed by atoms with Crippen molar-refractivity contribution in [3.05, 3.63) is 57.5 Å². The number of carbonyl (C=O) groups excluding carboxylic acids is 1. The van der Waals surface area contributed by atoms with E-state index in [1.807, 2.05) is 0 Å². The average molecular weight is 393 g/mol. The summed E-state index contributed by atoms with van der Waals surface area (Å²) >= 11 is 0. The lowest BCUT2D eigenvalue weighted by atomic mass is 9.94. The first-order chi connectivity index (χ1) is 13.2. The Kier molecular flexibility index (Phi) is 5.86. The maximum atomic E-state index is 12.7. The molecule has 0 radical (unpaired) electrons. The minimum Gasteiger partial charge on any atom is -0.353 e. The minimum atomic E-state index is -4.39. The third-order valence-electron chi connectivity index (χ3n) is 5.02. The number of aromatic nitrogens is 2. The molecule has 1 aliphatic rings. The number of nitrogens with zero attached hydrogens (tertiary/aromatic N) is 1. The van der Waals surface area contributed by atoms with E-state index in [9.17, 15) is 22.8 Å². The van der Waals surface area contributed by atoms with Crippen LogP contribution >= 0.6 is 0 Å². The van der Waals surface area contributed by atoms with Gasteiger partial charge in [-0.2, -0.15) is 13.2 Å². The van der Waals surface area contributed by atoms with Crippen molar-refractivity contribution in [3.63, 3.8) is 0 Å². The van der Waals surface area contributed by atoms with Crippen molar-refractivity contribution in [2.75, 3.05) is 5.32 Å². The zero-order valence-corrected chi connectivity index (χ0v) is 15.5. The first-order valence-corrected chi connectivity index (χ1v) is 9.30. The largest absolute Gasteiger partial charge is 0.416 e. The normalized spacial score (nSPS) is 16.1. The van der Waals surface area contributed by atoms with Gasteiger partial charge in [-0.05, 0) is 36.5 Å². The summed E-state index contributed by atoms with van der Waals surface area (Å²) in [5.41, 5.74) is -0.465. The summed E-state index contributed by atoms with van der Waals surface area (Å²) in [7, 11) is 0. The Morgan fingerprint density at radius 1 is 1.25 bits per heavy atom. The predicted molar refractivity (Wildman–Crippen MR) is 99.5 cm³/mol. The lowest BCUT2D eigenvalue weighted by Crippen LogP contribution is -2.22. The maximum Gasteiger partial charge on any atom is 0.416 e. The van der Waals surface area contributed by atoms with E-state index in [4.69, 9.17) is 0 Å². The molecule has 3 rings (SSSR count). The van der Waals surface area contributed by atoms with Gasteiger partial charge in [0.05, 0.1) is 5.56 Å². The molecule has 1 atom stereocenters. The lowest BCUT2D eigenvalue weighted by molar-refractivity contribution is -0.137. The molecule has 8 heteroatoms. The molecule has 0 unspecified atom stereocenters. The van der Waals surface area contributed by atoms with E-state index < -0.39 is 17.3 Å². The number of Topliss-reactive ketones (excluding diaryl/α,β-unsaturated/α-hetero) is 1. The zero-order valence-electron chi connectivity index (χ0n) is 15.5. The van der Waals surface area contributed by atoms with Crippen molar-refractivity contribution >= 4 is 11.7 Å². The van der Waals surface area contributed by atoms with Crippen LogP contribution in [0.15, 0.2) is 35.1 Å². The monoisotopic (exact) mass is 393 g/mol. The molecular weight excluding hydrogens is 371 g/mol. The second kappa shape index (κ2) is 8.16. The molecule has 0 aliphatic heterocycles. The van der Waals surface area contributed by atoms with Crippen molar-refractivity contribution in [2.24, 2.45) is 0 Å². The topological polar surface area (TPSA) is 74.8 Å². The molecule has 2 aromatic rings. The number of ketones is 1. The molecule has 0 saturated heterocycles. The van der Waals surface area contributed by atoms with Gasteiger partial charge in [-0.15, -0.1) is 0 Å². The summed E-state index contributed by atoms with van der Waals surface area (Å²) in [5, 5.41) is 3.16. The van der Waals surface area contributed by atoms with Gasteiger partial charge < -0.3 is 5.32 Å². The van der Waals surface area contributed by atoms with Crippen molar-refractivity contribution < 1.29 is 18.0 Å². The Morgan fingerprint density at radius 3 is 2.50 bits per heavy atom. The molecule has 1 saturated carbocycles. The highest BCUT2D eigenvalue weighted by molar-refractivity contribution is 5.94. The highest BCUT2D eigenvalue weighted by Gasteiger charge is 2.30. The Balaban J connectivity index is 1.69. The number of benzene rings is 1. The summed E-state index contributed by atoms with van der Waals surface area (Å²) in [6.07, 6.45) is -0.129. The van der Waals surface area contributed by atoms with Gasteiger partial charge in [-0.25, -0.2) is 4.98 Å². The molecule has 1 aromatic carbocycles. The van der Waals surface area contributed by atoms with E-state index in [0.29, 0.717) is 5.56 Å². The molecule has 0 spiro atoms. The number of aromatic amines is 1. The van der Waals surface area contributed by atoms with E-state index in [1.165, 1.54) is 12.1 Å². The molecule has 1 aromatic heterocycles. The van der Waals surface area contributed by atoms with Gasteiger partial charge in [0.15, 0.2) is 5.78 Å². The van der Waals surface area contributed by atoms with Gasteiger partial charge in [-0.1, -0.05) is 31.9 Å². The predicted octanol–water partition coefficient (Wildman–Crippen LogP) is 4.52. The fraction of sp³-hybridized carbons (Fsp3) is 0.450. The Hall–Kier alpha value is -2.64. The first-order valence-electron chi connectivity index (χ1n) is 9.30. The molecule has 0 bridgehead atoms. The molecule has 0 amide bonds. The number of rotatable bonds is 6. The average Bonchev–Trinajstić information content (AvgIpc) is 3.13. The summed E-state index contributed by atoms with van der Waals surface area (Å²) in [6.45, 7) is 1.76. The van der Waals surface area contributed by atoms with Gasteiger partial charge in [0, 0.05) is 18.5 Å². The van der Waals surface area contributed by atoms with Crippen LogP contribution in [0.4, 0.5) is 19.1 Å². The summed E-state index contributed by atoms with van der Waals surface area (Å²) < 4.78 is 38.0. The number of alkyl halides is 3. The molecule has 1 heterocycles. The third kappa shape index (κ3) is 4.99. The summed E-state index contributed by atoms with van der Waals surface area (Å²) in [5.74, 6) is -0.347. The third-order valence-corrected chi connectivity index (χ3v) is 5.02. The van der Waals surface area contributed by atoms with Crippen LogP contribution in [0.5, 0.6) is 0 Å². The minimum absolute atomic E-state index is 0.0463. The second-order valence-corrected chi connectivity index (χ2v) is 7.25. The Bertz CT molecular complexity index is 885. The molecule has 1 fully saturated rings. The highest BCUT2D eigenvalue weighted by atomic mass is 19.4. The summed E-state index contributed by atoms with van der Waals surface area (Å²) in [4.78, 5) is 31.3. The number of nitrogens with one attached hydrogen (secondary N) is 2. The van der Waals surface area contributed by atoms with Crippen LogP contribution in [0.3, 0.4) is 0 Å². The van der Waals surface area contributed by atoms with E-state index in [1.54, 1.807) is 6.92 Å². The van der Waals surface area contributed by atoms with Gasteiger partial charge in [0.25, 0.3) is 5.56 Å². The molecule has 1 aliphatic carbocycles. The van der Waals surface area contributed by atoms with Crippen LogP contribution in [0.25, 0.3) is 0 Å². The van der Waals surface area contributed by atoms with Crippen LogP contribution in [0.2, 0.25) is 0 Å². The smallest absolute Gasteiger partial charge is 0.353 e. The number of H-pyrrole nitrogens is 1. The lowest BCUT2D eigenvalue weighted by Gasteiger charge is -2.14. The number of hydrogen-bond acceptors (Lipinski definition) is 4. The highest BCUT2D eigenvalue weighted by Crippen LogP contribution is 2.31. The maximum absolute atomic E-state index is 12.7. The van der Waals surface area contributed by atoms with Gasteiger partial charge >= 0.3 is 6.18 Å². The summed E-state index contributed by atoms with van der Waals surface area (Å²) in [6, 6.07) is 6.15. The number of carbonyl (C=O) groups is 1. The quantitative estimate of drug-likeness (QED) is 0.708. The molecule has 150 valence electrons.